The number of anilines is 2. The zero-order valence-electron chi connectivity index (χ0n) is 25.0. The van der Waals surface area contributed by atoms with Crippen LogP contribution in [0.1, 0.15) is 35.2 Å². The Labute approximate surface area is 259 Å². The van der Waals surface area contributed by atoms with E-state index in [9.17, 15) is 18.4 Å². The quantitative estimate of drug-likeness (QED) is 0.111. The molecule has 7 N–H and O–H groups in total. The van der Waals surface area contributed by atoms with Crippen molar-refractivity contribution in [3.8, 4) is 17.0 Å². The van der Waals surface area contributed by atoms with Gasteiger partial charge in [-0.25, -0.2) is 9.97 Å². The smallest absolute Gasteiger partial charge is 0.387 e. The third kappa shape index (κ3) is 9.41. The molecule has 0 aliphatic carbocycles. The number of hydrogen-bond donors (Lipinski definition) is 5. The lowest BCUT2D eigenvalue weighted by Crippen LogP contribution is -2.42. The van der Waals surface area contributed by atoms with Crippen LogP contribution in [-0.4, -0.2) is 71.7 Å². The summed E-state index contributed by atoms with van der Waals surface area (Å²) in [5.74, 6) is 0.121. The van der Waals surface area contributed by atoms with Crippen molar-refractivity contribution >= 4 is 29.0 Å². The maximum absolute atomic E-state index is 12.7. The Morgan fingerprint density at radius 1 is 1.02 bits per heavy atom. The Hall–Kier alpha value is -4.66. The summed E-state index contributed by atoms with van der Waals surface area (Å²) in [6.45, 7) is 0.759. The number of hydrogen-bond acceptors (Lipinski definition) is 9. The van der Waals surface area contributed by atoms with Crippen molar-refractivity contribution in [1.29, 1.82) is 0 Å². The number of benzene rings is 2. The zero-order valence-corrected chi connectivity index (χ0v) is 25.0. The molecule has 2 aromatic carbocycles. The molecule has 0 radical (unpaired) electrons. The average Bonchev–Trinajstić information content (AvgIpc) is 3.46. The van der Waals surface area contributed by atoms with E-state index in [-0.39, 0.29) is 17.6 Å². The monoisotopic (exact) mass is 624 g/mol. The average molecular weight is 625 g/mol. The number of nitrogens with two attached hydrogens (primary N) is 2. The Bertz CT molecular complexity index is 1570. The molecule has 0 saturated carbocycles. The van der Waals surface area contributed by atoms with E-state index < -0.39 is 12.7 Å². The first-order valence-electron chi connectivity index (χ1n) is 14.6. The number of unbranched alkanes of at least 4 members (excludes halogenated alkanes) is 1. The van der Waals surface area contributed by atoms with E-state index in [0.717, 1.165) is 29.7 Å². The summed E-state index contributed by atoms with van der Waals surface area (Å²) in [4.78, 5) is 33.6. The number of aromatic nitrogens is 3. The maximum atomic E-state index is 12.7. The number of nitrogens with zero attached hydrogens (tertiary/aromatic N) is 3. The summed E-state index contributed by atoms with van der Waals surface area (Å²) in [6, 6.07) is 11.1. The normalized spacial score (nSPS) is 11.9. The highest BCUT2D eigenvalue weighted by Gasteiger charge is 2.14. The Morgan fingerprint density at radius 2 is 1.78 bits per heavy atom. The van der Waals surface area contributed by atoms with Crippen molar-refractivity contribution < 1.29 is 27.8 Å². The van der Waals surface area contributed by atoms with E-state index >= 15 is 0 Å². The van der Waals surface area contributed by atoms with E-state index in [1.807, 2.05) is 17.4 Å². The van der Waals surface area contributed by atoms with Crippen LogP contribution >= 0.6 is 0 Å². The maximum Gasteiger partial charge on any atom is 0.387 e. The fourth-order valence-electron chi connectivity index (χ4n) is 4.61. The number of rotatable bonds is 17. The lowest BCUT2D eigenvalue weighted by atomic mass is 10.1. The lowest BCUT2D eigenvalue weighted by molar-refractivity contribution is -0.122. The highest BCUT2D eigenvalue weighted by atomic mass is 19.3. The van der Waals surface area contributed by atoms with Gasteiger partial charge in [-0.05, 0) is 74.3 Å². The molecule has 2 heterocycles. The molecule has 1 unspecified atom stereocenters. The second kappa shape index (κ2) is 16.4. The zero-order chi connectivity index (χ0) is 32.2. The molecule has 0 fully saturated rings. The van der Waals surface area contributed by atoms with Gasteiger partial charge in [0.1, 0.15) is 5.75 Å². The molecule has 0 bridgehead atoms. The van der Waals surface area contributed by atoms with Crippen LogP contribution in [0, 0.1) is 6.92 Å². The minimum atomic E-state index is -2.89. The van der Waals surface area contributed by atoms with Gasteiger partial charge in [0.25, 0.3) is 5.91 Å². The molecule has 2 aromatic heterocycles. The number of ether oxygens (including phenoxy) is 2. The Kier molecular flexibility index (Phi) is 12.1. The predicted molar refractivity (Wildman–Crippen MR) is 167 cm³/mol. The first-order valence-corrected chi connectivity index (χ1v) is 14.6. The van der Waals surface area contributed by atoms with Crippen LogP contribution in [-0.2, 0) is 9.53 Å². The Balaban J connectivity index is 1.26. The molecule has 12 nitrogen and oxygen atoms in total. The molecule has 14 heteroatoms. The van der Waals surface area contributed by atoms with Gasteiger partial charge in [0, 0.05) is 42.3 Å². The van der Waals surface area contributed by atoms with E-state index in [1.54, 1.807) is 42.9 Å². The largest absolute Gasteiger partial charge is 0.435 e. The molecule has 45 heavy (non-hydrogen) atoms. The summed E-state index contributed by atoms with van der Waals surface area (Å²) in [6.07, 6.45) is 7.29. The van der Waals surface area contributed by atoms with E-state index in [2.05, 4.69) is 30.7 Å². The third-order valence-electron chi connectivity index (χ3n) is 6.92. The molecule has 4 aromatic rings. The lowest BCUT2D eigenvalue weighted by Gasteiger charge is -2.13. The standard InChI is InChI=1S/C31H38F2N8O4/c1-20-18-22(7-10-24(20)29(42)37-13-16-44-17-14-38-30(43)25(35)4-2-3-11-34)40-27-28-39-19-26(41(28)15-12-36-27)21-5-8-23(9-6-21)45-31(32)33/h5-10,12,15,18-19,25,31H,2-4,11,13-14,16-17,34-35H2,1H3,(H,36,40)(H,37,42)(H,38,43). The fourth-order valence-corrected chi connectivity index (χ4v) is 4.61. The molecule has 240 valence electrons. The van der Waals surface area contributed by atoms with Gasteiger partial charge in [0.2, 0.25) is 5.91 Å². The highest BCUT2D eigenvalue weighted by Crippen LogP contribution is 2.27. The second-order valence-electron chi connectivity index (χ2n) is 10.2. The highest BCUT2D eigenvalue weighted by molar-refractivity contribution is 5.96. The number of carbonyl (C=O) groups excluding carboxylic acids is 2. The number of carbonyl (C=O) groups is 2. The second-order valence-corrected chi connectivity index (χ2v) is 10.2. The number of amides is 2. The number of halogens is 2. The molecule has 0 aliphatic rings. The molecule has 4 rings (SSSR count). The number of aryl methyl sites for hydroxylation is 1. The van der Waals surface area contributed by atoms with Crippen molar-refractivity contribution in [2.45, 2.75) is 38.8 Å². The van der Waals surface area contributed by atoms with Crippen LogP contribution in [0.3, 0.4) is 0 Å². The van der Waals surface area contributed by atoms with Crippen LogP contribution in [0.25, 0.3) is 16.9 Å². The molecule has 0 saturated heterocycles. The molecular weight excluding hydrogens is 586 g/mol. The summed E-state index contributed by atoms with van der Waals surface area (Å²) in [5, 5.41) is 8.84. The van der Waals surface area contributed by atoms with Crippen molar-refractivity contribution in [2.24, 2.45) is 11.5 Å². The number of alkyl halides is 2. The molecule has 0 spiro atoms. The molecular formula is C31H38F2N8O4. The first-order chi connectivity index (χ1) is 21.8. The third-order valence-corrected chi connectivity index (χ3v) is 6.92. The molecule has 2 amide bonds. The van der Waals surface area contributed by atoms with Gasteiger partial charge in [-0.2, -0.15) is 8.78 Å². The minimum Gasteiger partial charge on any atom is -0.435 e. The number of imidazole rings is 1. The van der Waals surface area contributed by atoms with Gasteiger partial charge in [-0.15, -0.1) is 0 Å². The fraction of sp³-hybridized carbons (Fsp3) is 0.355. The van der Waals surface area contributed by atoms with Crippen molar-refractivity contribution in [1.82, 2.24) is 25.0 Å². The summed E-state index contributed by atoms with van der Waals surface area (Å²) in [5.41, 5.74) is 15.4. The van der Waals surface area contributed by atoms with Crippen molar-refractivity contribution in [2.75, 3.05) is 38.2 Å². The summed E-state index contributed by atoms with van der Waals surface area (Å²) in [7, 11) is 0. The summed E-state index contributed by atoms with van der Waals surface area (Å²) < 4.78 is 36.7. The number of nitrogens with one attached hydrogen (secondary N) is 3. The van der Waals surface area contributed by atoms with Crippen LogP contribution in [0.4, 0.5) is 20.3 Å². The van der Waals surface area contributed by atoms with Gasteiger partial charge in [-0.3, -0.25) is 14.0 Å². The van der Waals surface area contributed by atoms with Crippen LogP contribution < -0.4 is 32.2 Å². The van der Waals surface area contributed by atoms with Crippen LogP contribution in [0.5, 0.6) is 5.75 Å². The van der Waals surface area contributed by atoms with Gasteiger partial charge in [0.15, 0.2) is 11.5 Å². The van der Waals surface area contributed by atoms with Gasteiger partial charge in [-0.1, -0.05) is 6.42 Å². The Morgan fingerprint density at radius 3 is 2.49 bits per heavy atom. The topological polar surface area (TPSA) is 171 Å². The predicted octanol–water partition coefficient (Wildman–Crippen LogP) is 3.37. The minimum absolute atomic E-state index is 0.0704. The SMILES string of the molecule is Cc1cc(Nc2nccn3c(-c4ccc(OC(F)F)cc4)cnc23)ccc1C(=O)NCCOCCNC(=O)C(N)CCCCN. The summed E-state index contributed by atoms with van der Waals surface area (Å²) >= 11 is 0. The van der Waals surface area contributed by atoms with Gasteiger partial charge in [0.05, 0.1) is 31.1 Å². The van der Waals surface area contributed by atoms with Crippen LogP contribution in [0.15, 0.2) is 61.1 Å². The molecule has 0 aliphatic heterocycles. The first kappa shape index (κ1) is 33.2. The van der Waals surface area contributed by atoms with E-state index in [0.29, 0.717) is 62.0 Å². The van der Waals surface area contributed by atoms with Crippen molar-refractivity contribution in [3.05, 3.63) is 72.2 Å². The van der Waals surface area contributed by atoms with E-state index in [4.69, 9.17) is 16.2 Å². The van der Waals surface area contributed by atoms with Gasteiger partial charge >= 0.3 is 6.61 Å². The van der Waals surface area contributed by atoms with Crippen LogP contribution in [0.2, 0.25) is 0 Å². The number of fused-ring (bicyclic) bond motifs is 1. The van der Waals surface area contributed by atoms with Crippen molar-refractivity contribution in [3.63, 3.8) is 0 Å². The molecule has 1 atom stereocenters. The van der Waals surface area contributed by atoms with Gasteiger partial charge < -0.3 is 36.9 Å². The van der Waals surface area contributed by atoms with E-state index in [1.165, 1.54) is 12.1 Å².